The normalized spacial score (nSPS) is 17.4. The van der Waals surface area contributed by atoms with Gasteiger partial charge in [-0.2, -0.15) is 0 Å². The summed E-state index contributed by atoms with van der Waals surface area (Å²) in [5, 5.41) is 3.41. The van der Waals surface area contributed by atoms with Crippen LogP contribution in [0.5, 0.6) is 0 Å². The Morgan fingerprint density at radius 2 is 2.10 bits per heavy atom. The molecule has 1 fully saturated rings. The van der Waals surface area contributed by atoms with Crippen molar-refractivity contribution in [2.45, 2.75) is 46.0 Å². The molecule has 0 saturated heterocycles. The molecule has 0 atom stereocenters. The average Bonchev–Trinajstić information content (AvgIpc) is 2.84. The molecule has 20 heavy (non-hydrogen) atoms. The standard InChI is InChI=1S/C16H23ClN2O/c1-12(2)10-16(8-3-4-9-16)11-18-15(20)13-6-5-7-14(17)19-13/h5-7,12H,3-4,8-11H2,1-2H3,(H,18,20). The number of aromatic nitrogens is 1. The molecule has 4 heteroatoms. The zero-order valence-electron chi connectivity index (χ0n) is 12.3. The Labute approximate surface area is 126 Å². The predicted molar refractivity (Wildman–Crippen MR) is 81.9 cm³/mol. The van der Waals surface area contributed by atoms with Gasteiger partial charge in [0.15, 0.2) is 0 Å². The minimum atomic E-state index is -0.123. The average molecular weight is 295 g/mol. The molecule has 2 rings (SSSR count). The van der Waals surface area contributed by atoms with Gasteiger partial charge >= 0.3 is 0 Å². The SMILES string of the molecule is CC(C)CC1(CNC(=O)c2cccc(Cl)n2)CCCC1. The molecule has 1 aromatic rings. The van der Waals surface area contributed by atoms with Crippen molar-refractivity contribution in [1.29, 1.82) is 0 Å². The first-order valence-corrected chi connectivity index (χ1v) is 7.79. The maximum Gasteiger partial charge on any atom is 0.269 e. The lowest BCUT2D eigenvalue weighted by molar-refractivity contribution is 0.0917. The van der Waals surface area contributed by atoms with E-state index in [2.05, 4.69) is 24.1 Å². The van der Waals surface area contributed by atoms with Crippen LogP contribution in [0.1, 0.15) is 56.4 Å². The molecule has 1 amide bonds. The fraction of sp³-hybridized carbons (Fsp3) is 0.625. The van der Waals surface area contributed by atoms with Crippen molar-refractivity contribution in [2.24, 2.45) is 11.3 Å². The third-order valence-electron chi connectivity index (χ3n) is 4.08. The van der Waals surface area contributed by atoms with Crippen LogP contribution in [-0.4, -0.2) is 17.4 Å². The Balaban J connectivity index is 1.97. The van der Waals surface area contributed by atoms with Crippen LogP contribution in [0.4, 0.5) is 0 Å². The molecule has 1 aromatic heterocycles. The van der Waals surface area contributed by atoms with Crippen LogP contribution in [0.3, 0.4) is 0 Å². The number of rotatable bonds is 5. The van der Waals surface area contributed by atoms with Crippen molar-refractivity contribution in [3.05, 3.63) is 29.0 Å². The van der Waals surface area contributed by atoms with E-state index in [1.807, 2.05) is 0 Å². The van der Waals surface area contributed by atoms with Crippen molar-refractivity contribution in [1.82, 2.24) is 10.3 Å². The second kappa shape index (κ2) is 6.57. The molecule has 1 aliphatic rings. The summed E-state index contributed by atoms with van der Waals surface area (Å²) in [6, 6.07) is 5.13. The molecule has 3 nitrogen and oxygen atoms in total. The van der Waals surface area contributed by atoms with Crippen LogP contribution < -0.4 is 5.32 Å². The fourth-order valence-electron chi connectivity index (χ4n) is 3.34. The third-order valence-corrected chi connectivity index (χ3v) is 4.29. The number of carbonyl (C=O) groups excluding carboxylic acids is 1. The first kappa shape index (κ1) is 15.3. The largest absolute Gasteiger partial charge is 0.350 e. The number of nitrogens with one attached hydrogen (secondary N) is 1. The quantitative estimate of drug-likeness (QED) is 0.832. The lowest BCUT2D eigenvalue weighted by atomic mass is 9.78. The summed E-state index contributed by atoms with van der Waals surface area (Å²) >= 11 is 5.82. The molecule has 0 aromatic carbocycles. The second-order valence-electron chi connectivity index (χ2n) is 6.33. The van der Waals surface area contributed by atoms with Crippen molar-refractivity contribution >= 4 is 17.5 Å². The number of nitrogens with zero attached hydrogens (tertiary/aromatic N) is 1. The van der Waals surface area contributed by atoms with Gasteiger partial charge in [0.1, 0.15) is 10.8 Å². The molecule has 0 aliphatic heterocycles. The topological polar surface area (TPSA) is 42.0 Å². The Hall–Kier alpha value is -1.09. The molecule has 110 valence electrons. The Morgan fingerprint density at radius 1 is 1.40 bits per heavy atom. The molecule has 1 aliphatic carbocycles. The summed E-state index contributed by atoms with van der Waals surface area (Å²) in [6.45, 7) is 5.25. The van der Waals surface area contributed by atoms with Crippen molar-refractivity contribution in [3.63, 3.8) is 0 Å². The highest BCUT2D eigenvalue weighted by Crippen LogP contribution is 2.42. The lowest BCUT2D eigenvalue weighted by Crippen LogP contribution is -2.37. The first-order valence-electron chi connectivity index (χ1n) is 7.42. The molecule has 0 spiro atoms. The molecular weight excluding hydrogens is 272 g/mol. The maximum atomic E-state index is 12.1. The van der Waals surface area contributed by atoms with Gasteiger partial charge in [-0.05, 0) is 42.7 Å². The number of amides is 1. The number of carbonyl (C=O) groups is 1. The van der Waals surface area contributed by atoms with Crippen molar-refractivity contribution < 1.29 is 4.79 Å². The number of halogens is 1. The molecule has 0 radical (unpaired) electrons. The molecule has 1 N–H and O–H groups in total. The van der Waals surface area contributed by atoms with E-state index < -0.39 is 0 Å². The van der Waals surface area contributed by atoms with E-state index in [-0.39, 0.29) is 11.3 Å². The summed E-state index contributed by atoms with van der Waals surface area (Å²) in [4.78, 5) is 16.2. The van der Waals surface area contributed by atoms with Gasteiger partial charge in [0, 0.05) is 6.54 Å². The lowest BCUT2D eigenvalue weighted by Gasteiger charge is -2.31. The van der Waals surface area contributed by atoms with E-state index in [0.29, 0.717) is 16.8 Å². The van der Waals surface area contributed by atoms with Gasteiger partial charge in [-0.3, -0.25) is 4.79 Å². The van der Waals surface area contributed by atoms with Crippen LogP contribution in [0.25, 0.3) is 0 Å². The minimum absolute atomic E-state index is 0.123. The van der Waals surface area contributed by atoms with Gasteiger partial charge in [0.25, 0.3) is 5.91 Å². The molecule has 0 unspecified atom stereocenters. The van der Waals surface area contributed by atoms with Crippen molar-refractivity contribution in [3.8, 4) is 0 Å². The highest BCUT2D eigenvalue weighted by molar-refractivity contribution is 6.29. The van der Waals surface area contributed by atoms with E-state index >= 15 is 0 Å². The van der Waals surface area contributed by atoms with E-state index in [0.717, 1.165) is 6.54 Å². The Kier molecular flexibility index (Phi) is 5.03. The van der Waals surface area contributed by atoms with Gasteiger partial charge in [-0.25, -0.2) is 4.98 Å². The molecule has 1 heterocycles. The summed E-state index contributed by atoms with van der Waals surface area (Å²) in [6.07, 6.45) is 6.16. The monoisotopic (exact) mass is 294 g/mol. The van der Waals surface area contributed by atoms with Gasteiger partial charge in [0.2, 0.25) is 0 Å². The van der Waals surface area contributed by atoms with E-state index in [1.165, 1.54) is 32.1 Å². The van der Waals surface area contributed by atoms with E-state index in [9.17, 15) is 4.79 Å². The molecular formula is C16H23ClN2O. The van der Waals surface area contributed by atoms with Crippen LogP contribution in [0.2, 0.25) is 5.15 Å². The highest BCUT2D eigenvalue weighted by Gasteiger charge is 2.34. The number of hydrogen-bond donors (Lipinski definition) is 1. The zero-order chi connectivity index (χ0) is 14.6. The summed E-state index contributed by atoms with van der Waals surface area (Å²) in [5.74, 6) is 0.539. The highest BCUT2D eigenvalue weighted by atomic mass is 35.5. The summed E-state index contributed by atoms with van der Waals surface area (Å²) < 4.78 is 0. The second-order valence-corrected chi connectivity index (χ2v) is 6.72. The van der Waals surface area contributed by atoms with Crippen LogP contribution in [-0.2, 0) is 0 Å². The predicted octanol–water partition coefficient (Wildman–Crippen LogP) is 4.07. The Bertz CT molecular complexity index is 467. The Morgan fingerprint density at radius 3 is 2.70 bits per heavy atom. The van der Waals surface area contributed by atoms with E-state index in [1.54, 1.807) is 18.2 Å². The van der Waals surface area contributed by atoms with Crippen LogP contribution in [0.15, 0.2) is 18.2 Å². The number of pyridine rings is 1. The third kappa shape index (κ3) is 3.95. The van der Waals surface area contributed by atoms with Gasteiger partial charge in [0.05, 0.1) is 0 Å². The minimum Gasteiger partial charge on any atom is -0.350 e. The number of hydrogen-bond acceptors (Lipinski definition) is 2. The van der Waals surface area contributed by atoms with Crippen LogP contribution in [0, 0.1) is 11.3 Å². The zero-order valence-corrected chi connectivity index (χ0v) is 13.0. The molecule has 0 bridgehead atoms. The van der Waals surface area contributed by atoms with Gasteiger partial charge in [-0.15, -0.1) is 0 Å². The van der Waals surface area contributed by atoms with Gasteiger partial charge in [-0.1, -0.05) is 44.4 Å². The van der Waals surface area contributed by atoms with Gasteiger partial charge < -0.3 is 5.32 Å². The molecule has 1 saturated carbocycles. The van der Waals surface area contributed by atoms with Crippen molar-refractivity contribution in [2.75, 3.05) is 6.54 Å². The first-order chi connectivity index (χ1) is 9.51. The maximum absolute atomic E-state index is 12.1. The summed E-state index contributed by atoms with van der Waals surface area (Å²) in [7, 11) is 0. The van der Waals surface area contributed by atoms with Crippen LogP contribution >= 0.6 is 11.6 Å². The summed E-state index contributed by atoms with van der Waals surface area (Å²) in [5.41, 5.74) is 0.678. The van der Waals surface area contributed by atoms with E-state index in [4.69, 9.17) is 11.6 Å². The fourth-order valence-corrected chi connectivity index (χ4v) is 3.50. The smallest absolute Gasteiger partial charge is 0.269 e.